The van der Waals surface area contributed by atoms with E-state index in [1.54, 1.807) is 24.0 Å². The monoisotopic (exact) mass is 393 g/mol. The van der Waals surface area contributed by atoms with Crippen molar-refractivity contribution < 1.29 is 4.79 Å². The van der Waals surface area contributed by atoms with Crippen LogP contribution in [0.1, 0.15) is 10.4 Å². The van der Waals surface area contributed by atoms with Gasteiger partial charge in [0.25, 0.3) is 5.91 Å². The van der Waals surface area contributed by atoms with Gasteiger partial charge in [-0.2, -0.15) is 0 Å². The average molecular weight is 393 g/mol. The lowest BCUT2D eigenvalue weighted by molar-refractivity contribution is 0.102. The normalized spacial score (nSPS) is 10.7. The van der Waals surface area contributed by atoms with Crippen molar-refractivity contribution in [1.82, 2.24) is 19.1 Å². The molecule has 0 aliphatic rings. The second-order valence-electron chi connectivity index (χ2n) is 5.66. The van der Waals surface area contributed by atoms with Crippen LogP contribution in [0.15, 0.2) is 71.5 Å². The molecule has 6 nitrogen and oxygen atoms in total. The van der Waals surface area contributed by atoms with Gasteiger partial charge in [-0.3, -0.25) is 9.36 Å². The molecule has 0 saturated heterocycles. The Labute approximate surface area is 164 Å². The first-order valence-electron chi connectivity index (χ1n) is 8.11. The van der Waals surface area contributed by atoms with Crippen molar-refractivity contribution in [2.75, 3.05) is 11.6 Å². The van der Waals surface area contributed by atoms with Gasteiger partial charge in [0.15, 0.2) is 5.16 Å². The molecule has 0 bridgehead atoms. The van der Waals surface area contributed by atoms with Crippen molar-refractivity contribution in [3.8, 4) is 16.9 Å². The second kappa shape index (κ2) is 7.73. The van der Waals surface area contributed by atoms with Gasteiger partial charge in [-0.15, -0.1) is 5.10 Å². The summed E-state index contributed by atoms with van der Waals surface area (Å²) < 4.78 is 5.82. The molecule has 0 spiro atoms. The van der Waals surface area contributed by atoms with Gasteiger partial charge in [-0.1, -0.05) is 34.4 Å². The summed E-state index contributed by atoms with van der Waals surface area (Å²) in [6.45, 7) is 0. The number of aromatic nitrogens is 4. The van der Waals surface area contributed by atoms with E-state index in [1.807, 2.05) is 64.9 Å². The van der Waals surface area contributed by atoms with E-state index in [0.29, 0.717) is 5.56 Å². The molecule has 0 aliphatic carbocycles. The molecule has 27 heavy (non-hydrogen) atoms. The number of hydrogen-bond acceptors (Lipinski definition) is 6. The fourth-order valence-corrected chi connectivity index (χ4v) is 3.65. The molecular formula is C19H15N5OS2. The Morgan fingerprint density at radius 2 is 2.04 bits per heavy atom. The lowest BCUT2D eigenvalue weighted by atomic mass is 10.1. The maximum Gasteiger partial charge on any atom is 0.255 e. The Bertz CT molecular complexity index is 1060. The fourth-order valence-electron chi connectivity index (χ4n) is 2.65. The third-order valence-corrected chi connectivity index (χ3v) is 5.15. The number of nitrogens with one attached hydrogen (secondary N) is 1. The number of imidazole rings is 1. The standard InChI is InChI=1S/C19H15N5OS2/c1-26-19-20-9-10-24(19)16-4-2-3-14(11-16)18(25)21-15-7-5-13(6-8-15)17-12-27-23-22-17/h2-12H,1H3,(H,21,25). The van der Waals surface area contributed by atoms with Crippen molar-refractivity contribution in [3.05, 3.63) is 71.9 Å². The molecule has 4 aromatic rings. The first kappa shape index (κ1) is 17.4. The van der Waals surface area contributed by atoms with Crippen LogP contribution in [0, 0.1) is 0 Å². The summed E-state index contributed by atoms with van der Waals surface area (Å²) in [6.07, 6.45) is 5.60. The van der Waals surface area contributed by atoms with Crippen molar-refractivity contribution in [3.63, 3.8) is 0 Å². The molecule has 2 aromatic heterocycles. The number of nitrogens with zero attached hydrogens (tertiary/aromatic N) is 4. The molecule has 0 radical (unpaired) electrons. The third kappa shape index (κ3) is 3.76. The molecule has 0 unspecified atom stereocenters. The van der Waals surface area contributed by atoms with E-state index in [9.17, 15) is 4.79 Å². The van der Waals surface area contributed by atoms with Crippen LogP contribution in [0.3, 0.4) is 0 Å². The van der Waals surface area contributed by atoms with E-state index in [2.05, 4.69) is 19.9 Å². The van der Waals surface area contributed by atoms with E-state index in [1.165, 1.54) is 11.5 Å². The van der Waals surface area contributed by atoms with Crippen molar-refractivity contribution >= 4 is 34.9 Å². The van der Waals surface area contributed by atoms with Gasteiger partial charge < -0.3 is 5.32 Å². The Balaban J connectivity index is 1.52. The molecule has 0 fully saturated rings. The van der Waals surface area contributed by atoms with Crippen molar-refractivity contribution in [2.45, 2.75) is 5.16 Å². The predicted octanol–water partition coefficient (Wildman–Crippen LogP) is 4.37. The van der Waals surface area contributed by atoms with Crippen LogP contribution < -0.4 is 5.32 Å². The lowest BCUT2D eigenvalue weighted by Crippen LogP contribution is -2.12. The van der Waals surface area contributed by atoms with E-state index in [4.69, 9.17) is 0 Å². The zero-order valence-electron chi connectivity index (χ0n) is 14.4. The van der Waals surface area contributed by atoms with Crippen molar-refractivity contribution in [1.29, 1.82) is 0 Å². The Morgan fingerprint density at radius 3 is 2.78 bits per heavy atom. The van der Waals surface area contributed by atoms with Crippen LogP contribution in [0.4, 0.5) is 5.69 Å². The quantitative estimate of drug-likeness (QED) is 0.510. The summed E-state index contributed by atoms with van der Waals surface area (Å²) in [5.74, 6) is -0.161. The molecule has 134 valence electrons. The molecule has 8 heteroatoms. The van der Waals surface area contributed by atoms with Gasteiger partial charge in [0, 0.05) is 40.3 Å². The van der Waals surface area contributed by atoms with Gasteiger partial charge in [0.05, 0.1) is 0 Å². The first-order valence-corrected chi connectivity index (χ1v) is 10.2. The highest BCUT2D eigenvalue weighted by Crippen LogP contribution is 2.22. The van der Waals surface area contributed by atoms with Gasteiger partial charge in [-0.25, -0.2) is 4.98 Å². The molecule has 0 atom stereocenters. The van der Waals surface area contributed by atoms with Gasteiger partial charge in [-0.05, 0) is 48.1 Å². The van der Waals surface area contributed by atoms with Crippen LogP contribution in [-0.4, -0.2) is 31.3 Å². The summed E-state index contributed by atoms with van der Waals surface area (Å²) in [5, 5.41) is 9.74. The second-order valence-corrected chi connectivity index (χ2v) is 7.04. The molecule has 2 aromatic carbocycles. The lowest BCUT2D eigenvalue weighted by Gasteiger charge is -2.09. The molecule has 0 saturated carbocycles. The van der Waals surface area contributed by atoms with E-state index in [0.717, 1.165) is 27.8 Å². The third-order valence-electron chi connectivity index (χ3n) is 3.97. The maximum atomic E-state index is 12.6. The Morgan fingerprint density at radius 1 is 1.19 bits per heavy atom. The minimum atomic E-state index is -0.161. The number of carbonyl (C=O) groups is 1. The SMILES string of the molecule is CSc1nccn1-c1cccc(C(=O)Nc2ccc(-c3csnn3)cc2)c1. The summed E-state index contributed by atoms with van der Waals surface area (Å²) in [6, 6.07) is 15.0. The van der Waals surface area contributed by atoms with Crippen molar-refractivity contribution in [2.24, 2.45) is 0 Å². The number of hydrogen-bond donors (Lipinski definition) is 1. The first-order chi connectivity index (χ1) is 13.2. The molecule has 0 aliphatic heterocycles. The van der Waals surface area contributed by atoms with E-state index in [-0.39, 0.29) is 5.91 Å². The van der Waals surface area contributed by atoms with Gasteiger partial charge in [0.2, 0.25) is 0 Å². The van der Waals surface area contributed by atoms with Crippen LogP contribution in [0.5, 0.6) is 0 Å². The predicted molar refractivity (Wildman–Crippen MR) is 109 cm³/mol. The van der Waals surface area contributed by atoms with Crippen LogP contribution in [-0.2, 0) is 0 Å². The molecule has 1 amide bonds. The van der Waals surface area contributed by atoms with E-state index >= 15 is 0 Å². The molecule has 1 N–H and O–H groups in total. The number of thioether (sulfide) groups is 1. The molecule has 2 heterocycles. The number of rotatable bonds is 5. The Hall–Kier alpha value is -2.97. The molecular weight excluding hydrogens is 378 g/mol. The highest BCUT2D eigenvalue weighted by molar-refractivity contribution is 7.98. The fraction of sp³-hybridized carbons (Fsp3) is 0.0526. The zero-order chi connectivity index (χ0) is 18.6. The molecule has 4 rings (SSSR count). The zero-order valence-corrected chi connectivity index (χ0v) is 16.0. The van der Waals surface area contributed by atoms with E-state index < -0.39 is 0 Å². The topological polar surface area (TPSA) is 72.7 Å². The van der Waals surface area contributed by atoms with Crippen LogP contribution in [0.2, 0.25) is 0 Å². The van der Waals surface area contributed by atoms with Gasteiger partial charge >= 0.3 is 0 Å². The number of carbonyl (C=O) groups excluding carboxylic acids is 1. The highest BCUT2D eigenvalue weighted by Gasteiger charge is 2.10. The smallest absolute Gasteiger partial charge is 0.255 e. The average Bonchev–Trinajstić information content (AvgIpc) is 3.40. The Kier molecular flexibility index (Phi) is 4.99. The number of benzene rings is 2. The minimum Gasteiger partial charge on any atom is -0.322 e. The maximum absolute atomic E-state index is 12.6. The summed E-state index contributed by atoms with van der Waals surface area (Å²) in [7, 11) is 0. The van der Waals surface area contributed by atoms with Crippen LogP contribution in [0.25, 0.3) is 16.9 Å². The summed E-state index contributed by atoms with van der Waals surface area (Å²) in [5.41, 5.74) is 4.01. The largest absolute Gasteiger partial charge is 0.322 e. The number of anilines is 1. The van der Waals surface area contributed by atoms with Crippen LogP contribution >= 0.6 is 23.3 Å². The minimum absolute atomic E-state index is 0.161. The highest BCUT2D eigenvalue weighted by atomic mass is 32.2. The number of amides is 1. The van der Waals surface area contributed by atoms with Gasteiger partial charge in [0.1, 0.15) is 5.69 Å². The summed E-state index contributed by atoms with van der Waals surface area (Å²) >= 11 is 2.87. The summed E-state index contributed by atoms with van der Waals surface area (Å²) in [4.78, 5) is 16.9.